The van der Waals surface area contributed by atoms with Gasteiger partial charge in [-0.1, -0.05) is 33.8 Å². The molecule has 1 aliphatic carbocycles. The van der Waals surface area contributed by atoms with Gasteiger partial charge < -0.3 is 5.32 Å². The molecule has 1 N–H and O–H groups in total. The molecular formula is C17H23F2NO. The quantitative estimate of drug-likeness (QED) is 0.866. The Balaban J connectivity index is 2.14. The van der Waals surface area contributed by atoms with Crippen LogP contribution < -0.4 is 5.32 Å². The number of amides is 1. The maximum absolute atomic E-state index is 13.7. The molecule has 1 aromatic carbocycles. The van der Waals surface area contributed by atoms with Crippen molar-refractivity contribution in [1.82, 2.24) is 5.32 Å². The van der Waals surface area contributed by atoms with Gasteiger partial charge in [-0.25, -0.2) is 8.78 Å². The van der Waals surface area contributed by atoms with Crippen molar-refractivity contribution in [3.8, 4) is 0 Å². The summed E-state index contributed by atoms with van der Waals surface area (Å²) in [5.41, 5.74) is 0.0246. The van der Waals surface area contributed by atoms with Gasteiger partial charge in [0.1, 0.15) is 0 Å². The zero-order valence-corrected chi connectivity index (χ0v) is 13.1. The minimum Gasteiger partial charge on any atom is -0.349 e. The number of hydrogen-bond acceptors (Lipinski definition) is 1. The number of carbonyl (C=O) groups is 1. The van der Waals surface area contributed by atoms with Gasteiger partial charge in [-0.15, -0.1) is 0 Å². The smallest absolute Gasteiger partial charge is 0.254 e. The maximum atomic E-state index is 13.7. The van der Waals surface area contributed by atoms with Crippen LogP contribution in [0.3, 0.4) is 0 Å². The normalized spacial score (nSPS) is 21.0. The lowest BCUT2D eigenvalue weighted by Crippen LogP contribution is -2.46. The van der Waals surface area contributed by atoms with E-state index in [1.807, 2.05) is 0 Å². The lowest BCUT2D eigenvalue weighted by atomic mass is 9.63. The molecule has 1 aromatic rings. The molecule has 1 fully saturated rings. The van der Waals surface area contributed by atoms with E-state index in [4.69, 9.17) is 0 Å². The van der Waals surface area contributed by atoms with E-state index in [-0.39, 0.29) is 22.4 Å². The number of benzene rings is 1. The maximum Gasteiger partial charge on any atom is 0.254 e. The molecule has 0 radical (unpaired) electrons. The largest absolute Gasteiger partial charge is 0.349 e. The summed E-state index contributed by atoms with van der Waals surface area (Å²) in [6.45, 7) is 8.71. The van der Waals surface area contributed by atoms with E-state index < -0.39 is 17.5 Å². The average molecular weight is 295 g/mol. The summed E-state index contributed by atoms with van der Waals surface area (Å²) in [6.07, 6.45) is 2.78. The van der Waals surface area contributed by atoms with Crippen molar-refractivity contribution in [2.24, 2.45) is 10.8 Å². The van der Waals surface area contributed by atoms with Crippen LogP contribution in [0.25, 0.3) is 0 Å². The van der Waals surface area contributed by atoms with Crippen LogP contribution in [0.5, 0.6) is 0 Å². The standard InChI is InChI=1S/C17H23F2NO/c1-16(2)8-11(9-17(3,4)10-16)20-15(21)12-6-5-7-13(18)14(12)19/h5-7,11H,8-10H2,1-4H3,(H,20,21). The van der Waals surface area contributed by atoms with E-state index in [0.717, 1.165) is 25.3 Å². The van der Waals surface area contributed by atoms with Crippen LogP contribution in [0.1, 0.15) is 57.3 Å². The Labute approximate surface area is 124 Å². The van der Waals surface area contributed by atoms with Crippen LogP contribution in [-0.2, 0) is 0 Å². The van der Waals surface area contributed by atoms with E-state index in [2.05, 4.69) is 33.0 Å². The first-order valence-electron chi connectivity index (χ1n) is 7.35. The Morgan fingerprint density at radius 2 is 1.71 bits per heavy atom. The monoisotopic (exact) mass is 295 g/mol. The van der Waals surface area contributed by atoms with Crippen molar-refractivity contribution >= 4 is 5.91 Å². The minimum absolute atomic E-state index is 0.0149. The average Bonchev–Trinajstić information content (AvgIpc) is 2.28. The molecule has 0 spiro atoms. The summed E-state index contributed by atoms with van der Waals surface area (Å²) >= 11 is 0. The van der Waals surface area contributed by atoms with Gasteiger partial charge in [0.2, 0.25) is 0 Å². The molecule has 0 unspecified atom stereocenters. The molecule has 0 heterocycles. The van der Waals surface area contributed by atoms with Crippen LogP contribution in [0.15, 0.2) is 18.2 Å². The van der Waals surface area contributed by atoms with Gasteiger partial charge >= 0.3 is 0 Å². The van der Waals surface area contributed by atoms with Crippen molar-refractivity contribution < 1.29 is 13.6 Å². The first-order valence-corrected chi connectivity index (χ1v) is 7.35. The number of carbonyl (C=O) groups excluding carboxylic acids is 1. The Morgan fingerprint density at radius 3 is 2.29 bits per heavy atom. The number of halogens is 2. The van der Waals surface area contributed by atoms with Crippen LogP contribution in [0, 0.1) is 22.5 Å². The second-order valence-corrected chi connectivity index (χ2v) is 7.69. The highest BCUT2D eigenvalue weighted by Gasteiger charge is 2.39. The zero-order chi connectivity index (χ0) is 15.8. The molecule has 0 atom stereocenters. The first-order chi connectivity index (χ1) is 9.60. The molecule has 1 saturated carbocycles. The van der Waals surface area contributed by atoms with Gasteiger partial charge in [-0.3, -0.25) is 4.79 Å². The van der Waals surface area contributed by atoms with E-state index >= 15 is 0 Å². The highest BCUT2D eigenvalue weighted by atomic mass is 19.2. The van der Waals surface area contributed by atoms with Gasteiger partial charge in [0.05, 0.1) is 5.56 Å². The van der Waals surface area contributed by atoms with E-state index in [0.29, 0.717) is 0 Å². The van der Waals surface area contributed by atoms with Crippen molar-refractivity contribution in [2.45, 2.75) is 53.0 Å². The van der Waals surface area contributed by atoms with Gasteiger partial charge in [-0.05, 0) is 42.2 Å². The summed E-state index contributed by atoms with van der Waals surface area (Å²) in [6, 6.07) is 3.66. The molecule has 2 rings (SSSR count). The van der Waals surface area contributed by atoms with Crippen molar-refractivity contribution in [3.05, 3.63) is 35.4 Å². The van der Waals surface area contributed by atoms with E-state index in [1.54, 1.807) is 0 Å². The summed E-state index contributed by atoms with van der Waals surface area (Å²) in [4.78, 5) is 12.2. The molecule has 2 nitrogen and oxygen atoms in total. The van der Waals surface area contributed by atoms with Gasteiger partial charge in [-0.2, -0.15) is 0 Å². The van der Waals surface area contributed by atoms with Gasteiger partial charge in [0.15, 0.2) is 11.6 Å². The molecule has 0 aromatic heterocycles. The van der Waals surface area contributed by atoms with Crippen LogP contribution in [0.2, 0.25) is 0 Å². The molecule has 4 heteroatoms. The van der Waals surface area contributed by atoms with E-state index in [9.17, 15) is 13.6 Å². The van der Waals surface area contributed by atoms with Crippen LogP contribution in [-0.4, -0.2) is 11.9 Å². The molecule has 0 saturated heterocycles. The van der Waals surface area contributed by atoms with Crippen molar-refractivity contribution in [3.63, 3.8) is 0 Å². The highest BCUT2D eigenvalue weighted by molar-refractivity contribution is 5.94. The summed E-state index contributed by atoms with van der Waals surface area (Å²) in [5, 5.41) is 2.87. The topological polar surface area (TPSA) is 29.1 Å². The SMILES string of the molecule is CC1(C)CC(NC(=O)c2cccc(F)c2F)CC(C)(C)C1. The number of hydrogen-bond donors (Lipinski definition) is 1. The Bertz CT molecular complexity index is 536. The van der Waals surface area contributed by atoms with Crippen LogP contribution >= 0.6 is 0 Å². The van der Waals surface area contributed by atoms with Crippen molar-refractivity contribution in [2.75, 3.05) is 0 Å². The molecule has 116 valence electrons. The Hall–Kier alpha value is -1.45. The fraction of sp³-hybridized carbons (Fsp3) is 0.588. The second-order valence-electron chi connectivity index (χ2n) is 7.69. The fourth-order valence-electron chi connectivity index (χ4n) is 3.89. The lowest BCUT2D eigenvalue weighted by Gasteiger charge is -2.45. The third-order valence-electron chi connectivity index (χ3n) is 4.09. The third kappa shape index (κ3) is 3.80. The summed E-state index contributed by atoms with van der Waals surface area (Å²) in [7, 11) is 0. The molecule has 1 amide bonds. The number of rotatable bonds is 2. The highest BCUT2D eigenvalue weighted by Crippen LogP contribution is 2.45. The van der Waals surface area contributed by atoms with Crippen LogP contribution in [0.4, 0.5) is 8.78 Å². The molecule has 21 heavy (non-hydrogen) atoms. The summed E-state index contributed by atoms with van der Waals surface area (Å²) in [5.74, 6) is -2.61. The first kappa shape index (κ1) is 15.9. The number of nitrogens with one attached hydrogen (secondary N) is 1. The second kappa shape index (κ2) is 5.39. The summed E-state index contributed by atoms with van der Waals surface area (Å²) < 4.78 is 26.9. The molecule has 0 aliphatic heterocycles. The predicted molar refractivity (Wildman–Crippen MR) is 79.0 cm³/mol. The Morgan fingerprint density at radius 1 is 1.14 bits per heavy atom. The minimum atomic E-state index is -1.08. The van der Waals surface area contributed by atoms with Gasteiger partial charge in [0, 0.05) is 6.04 Å². The zero-order valence-electron chi connectivity index (χ0n) is 13.1. The third-order valence-corrected chi connectivity index (χ3v) is 4.09. The Kier molecular flexibility index (Phi) is 4.09. The lowest BCUT2D eigenvalue weighted by molar-refractivity contribution is 0.0710. The molecule has 1 aliphatic rings. The molecule has 0 bridgehead atoms. The van der Waals surface area contributed by atoms with E-state index in [1.165, 1.54) is 12.1 Å². The molecular weight excluding hydrogens is 272 g/mol. The van der Waals surface area contributed by atoms with Gasteiger partial charge in [0.25, 0.3) is 5.91 Å². The predicted octanol–water partition coefficient (Wildman–Crippen LogP) is 4.30. The van der Waals surface area contributed by atoms with Crippen molar-refractivity contribution in [1.29, 1.82) is 0 Å². The fourth-order valence-corrected chi connectivity index (χ4v) is 3.89.